The van der Waals surface area contributed by atoms with E-state index in [1.165, 1.54) is 5.56 Å². The van der Waals surface area contributed by atoms with Crippen LogP contribution >= 0.6 is 0 Å². The van der Waals surface area contributed by atoms with Crippen molar-refractivity contribution in [1.82, 2.24) is 4.90 Å². The third kappa shape index (κ3) is 10.5. The smallest absolute Gasteiger partial charge is 0.141 e. The third-order valence-corrected chi connectivity index (χ3v) is 8.51. The average Bonchev–Trinajstić information content (AvgIpc) is 3.40. The van der Waals surface area contributed by atoms with Crippen LogP contribution < -0.4 is 0 Å². The van der Waals surface area contributed by atoms with E-state index in [0.717, 1.165) is 16.7 Å². The van der Waals surface area contributed by atoms with Crippen LogP contribution in [0.3, 0.4) is 0 Å². The van der Waals surface area contributed by atoms with Gasteiger partial charge in [-0.15, -0.1) is 5.54 Å². The summed E-state index contributed by atoms with van der Waals surface area (Å²) >= 11 is 0. The minimum Gasteiger partial charge on any atom is -0.374 e. The second-order valence-corrected chi connectivity index (χ2v) is 17.3. The van der Waals surface area contributed by atoms with Crippen molar-refractivity contribution in [1.29, 1.82) is 0 Å². The summed E-state index contributed by atoms with van der Waals surface area (Å²) in [6.45, 7) is 9.85. The summed E-state index contributed by atoms with van der Waals surface area (Å²) in [5.41, 5.74) is 8.08. The predicted octanol–water partition coefficient (Wildman–Crippen LogP) is 7.48. The van der Waals surface area contributed by atoms with Crippen molar-refractivity contribution in [3.63, 3.8) is 0 Å². The molecule has 4 aromatic carbocycles. The topological polar surface area (TPSA) is 40.2 Å². The number of ether oxygens (including phenoxy) is 4. The van der Waals surface area contributed by atoms with Crippen molar-refractivity contribution in [2.75, 3.05) is 13.2 Å². The molecule has 6 heteroatoms. The molecule has 1 aliphatic heterocycles. The molecule has 45 heavy (non-hydrogen) atoms. The molecule has 5 nitrogen and oxygen atoms in total. The van der Waals surface area contributed by atoms with E-state index >= 15 is 0 Å². The van der Waals surface area contributed by atoms with Crippen molar-refractivity contribution in [3.8, 4) is 11.5 Å². The highest BCUT2D eigenvalue weighted by molar-refractivity contribution is 6.83. The monoisotopic (exact) mass is 619 g/mol. The molecule has 1 fully saturated rings. The summed E-state index contributed by atoms with van der Waals surface area (Å²) in [5, 5.41) is 0. The van der Waals surface area contributed by atoms with Crippen LogP contribution in [0.15, 0.2) is 121 Å². The summed E-state index contributed by atoms with van der Waals surface area (Å²) in [6, 6.07) is 41.3. The molecule has 234 valence electrons. The van der Waals surface area contributed by atoms with Gasteiger partial charge < -0.3 is 18.9 Å². The van der Waals surface area contributed by atoms with E-state index in [0.29, 0.717) is 39.5 Å². The first kappa shape index (κ1) is 32.8. The normalized spacial score (nSPS) is 19.7. The molecule has 5 rings (SSSR count). The maximum absolute atomic E-state index is 6.91. The van der Waals surface area contributed by atoms with E-state index in [1.807, 2.05) is 60.7 Å². The highest BCUT2D eigenvalue weighted by Crippen LogP contribution is 2.32. The largest absolute Gasteiger partial charge is 0.374 e. The molecule has 0 bridgehead atoms. The van der Waals surface area contributed by atoms with E-state index in [2.05, 4.69) is 96.7 Å². The maximum atomic E-state index is 6.91. The second-order valence-electron chi connectivity index (χ2n) is 12.5. The van der Waals surface area contributed by atoms with Crippen LogP contribution in [-0.4, -0.2) is 50.7 Å². The van der Waals surface area contributed by atoms with Gasteiger partial charge in [-0.2, -0.15) is 0 Å². The van der Waals surface area contributed by atoms with E-state index in [1.54, 1.807) is 0 Å². The van der Waals surface area contributed by atoms with Crippen LogP contribution in [0.1, 0.15) is 22.3 Å². The Kier molecular flexibility index (Phi) is 12.2. The number of rotatable bonds is 14. The van der Waals surface area contributed by atoms with Gasteiger partial charge >= 0.3 is 0 Å². The first-order chi connectivity index (χ1) is 21.9. The molecule has 0 radical (unpaired) electrons. The van der Waals surface area contributed by atoms with Gasteiger partial charge in [0.2, 0.25) is 0 Å². The Morgan fingerprint density at radius 1 is 0.622 bits per heavy atom. The number of benzene rings is 4. The average molecular weight is 620 g/mol. The fourth-order valence-corrected chi connectivity index (χ4v) is 5.99. The van der Waals surface area contributed by atoms with Gasteiger partial charge in [0, 0.05) is 6.54 Å². The van der Waals surface area contributed by atoms with Crippen molar-refractivity contribution < 1.29 is 18.9 Å². The van der Waals surface area contributed by atoms with Crippen LogP contribution in [0.5, 0.6) is 0 Å². The lowest BCUT2D eigenvalue weighted by molar-refractivity contribution is -0.120. The molecule has 1 heterocycles. The SMILES string of the molecule is C[Si](C)(C)C#CCN(Cc1ccccc1)C1O[C@@H](COCc2ccccc2)[C@H](OCc2ccccc2)[C@H]1OCc1ccccc1. The number of hydrogen-bond donors (Lipinski definition) is 0. The predicted molar refractivity (Wildman–Crippen MR) is 183 cm³/mol. The summed E-state index contributed by atoms with van der Waals surface area (Å²) in [5.74, 6) is 3.50. The van der Waals surface area contributed by atoms with Crippen LogP contribution in [-0.2, 0) is 45.3 Å². The van der Waals surface area contributed by atoms with Gasteiger partial charge in [0.05, 0.1) is 33.0 Å². The number of nitrogens with zero attached hydrogens (tertiary/aromatic N) is 1. The Balaban J connectivity index is 1.44. The van der Waals surface area contributed by atoms with E-state index in [-0.39, 0.29) is 24.5 Å². The van der Waals surface area contributed by atoms with Gasteiger partial charge in [0.15, 0.2) is 0 Å². The molecule has 1 unspecified atom stereocenters. The molecule has 4 aromatic rings. The summed E-state index contributed by atoms with van der Waals surface area (Å²) < 4.78 is 26.7. The Morgan fingerprint density at radius 3 is 1.60 bits per heavy atom. The summed E-state index contributed by atoms with van der Waals surface area (Å²) in [7, 11) is -1.56. The highest BCUT2D eigenvalue weighted by Gasteiger charge is 2.48. The van der Waals surface area contributed by atoms with Crippen LogP contribution in [0.4, 0.5) is 0 Å². The quantitative estimate of drug-likeness (QED) is 0.108. The van der Waals surface area contributed by atoms with Gasteiger partial charge in [0.25, 0.3) is 0 Å². The van der Waals surface area contributed by atoms with Crippen LogP contribution in [0.2, 0.25) is 19.6 Å². The lowest BCUT2D eigenvalue weighted by Crippen LogP contribution is -2.46. The summed E-state index contributed by atoms with van der Waals surface area (Å²) in [4.78, 5) is 2.30. The molecule has 0 saturated carbocycles. The molecular weight excluding hydrogens is 575 g/mol. The van der Waals surface area contributed by atoms with Crippen molar-refractivity contribution in [3.05, 3.63) is 144 Å². The molecule has 1 saturated heterocycles. The second kappa shape index (κ2) is 16.7. The standard InChI is InChI=1S/C39H45NO4Si/c1-45(2,3)26-16-25-40(27-32-17-8-4-9-18-32)39-38(43-30-35-23-14-7-15-24-35)37(42-29-34-21-12-6-13-22-34)36(44-39)31-41-28-33-19-10-5-11-20-33/h4-15,17-24,36-39H,25,27-31H2,1-3H3/t36-,37-,38+,39?/m0/s1. The van der Waals surface area contributed by atoms with Crippen LogP contribution in [0, 0.1) is 11.5 Å². The summed E-state index contributed by atoms with van der Waals surface area (Å²) in [6.07, 6.45) is -1.42. The Hall–Kier alpha value is -3.54. The van der Waals surface area contributed by atoms with E-state index in [4.69, 9.17) is 18.9 Å². The minimum atomic E-state index is -1.56. The third-order valence-electron chi connectivity index (χ3n) is 7.58. The van der Waals surface area contributed by atoms with E-state index < -0.39 is 8.07 Å². The maximum Gasteiger partial charge on any atom is 0.141 e. The first-order valence-corrected chi connectivity index (χ1v) is 19.3. The fourth-order valence-electron chi connectivity index (χ4n) is 5.38. The highest BCUT2D eigenvalue weighted by atomic mass is 28.3. The zero-order valence-electron chi connectivity index (χ0n) is 26.7. The van der Waals surface area contributed by atoms with Gasteiger partial charge in [-0.3, -0.25) is 4.90 Å². The zero-order valence-corrected chi connectivity index (χ0v) is 27.7. The molecule has 0 aliphatic carbocycles. The molecule has 0 spiro atoms. The van der Waals surface area contributed by atoms with Gasteiger partial charge in [-0.1, -0.05) is 147 Å². The Morgan fingerprint density at radius 2 is 1.09 bits per heavy atom. The molecular formula is C39H45NO4Si. The first-order valence-electron chi connectivity index (χ1n) is 15.8. The van der Waals surface area contributed by atoms with Gasteiger partial charge in [0.1, 0.15) is 32.6 Å². The van der Waals surface area contributed by atoms with Gasteiger partial charge in [-0.25, -0.2) is 0 Å². The minimum absolute atomic E-state index is 0.327. The molecule has 0 aromatic heterocycles. The lowest BCUT2D eigenvalue weighted by atomic mass is 10.1. The van der Waals surface area contributed by atoms with Crippen LogP contribution in [0.25, 0.3) is 0 Å². The Labute approximate surface area is 270 Å². The number of hydrogen-bond acceptors (Lipinski definition) is 5. The molecule has 0 amide bonds. The van der Waals surface area contributed by atoms with Crippen molar-refractivity contribution in [2.24, 2.45) is 0 Å². The lowest BCUT2D eigenvalue weighted by Gasteiger charge is -2.32. The van der Waals surface area contributed by atoms with E-state index in [9.17, 15) is 0 Å². The fraction of sp³-hybridized carbons (Fsp3) is 0.333. The molecule has 0 N–H and O–H groups in total. The zero-order chi connectivity index (χ0) is 31.3. The van der Waals surface area contributed by atoms with Crippen molar-refractivity contribution >= 4 is 8.07 Å². The van der Waals surface area contributed by atoms with Crippen molar-refractivity contribution in [2.45, 2.75) is 70.5 Å². The Bertz CT molecular complexity index is 1470. The molecule has 1 aliphatic rings. The molecule has 4 atom stereocenters. The van der Waals surface area contributed by atoms with Gasteiger partial charge in [-0.05, 0) is 22.3 Å².